The minimum absolute atomic E-state index is 0.0127. The molecule has 0 aromatic heterocycles. The van der Waals surface area contributed by atoms with E-state index in [2.05, 4.69) is 6.92 Å². The molecule has 5 saturated carbocycles. The van der Waals surface area contributed by atoms with Gasteiger partial charge in [-0.3, -0.25) is 4.79 Å². The van der Waals surface area contributed by atoms with Gasteiger partial charge in [-0.05, 0) is 30.6 Å². The molecule has 3 spiro atoms. The smallest absolute Gasteiger partial charge is 0.210 e. The number of hydrogen-bond donors (Lipinski definition) is 1. The predicted octanol–water partition coefficient (Wildman–Crippen LogP) is 0.801. The van der Waals surface area contributed by atoms with Crippen molar-refractivity contribution in [1.29, 1.82) is 0 Å². The Hall–Kier alpha value is -0.770. The molecule has 178 valence electrons. The quantitative estimate of drug-likeness (QED) is 0.636. The zero-order chi connectivity index (χ0) is 22.3. The minimum Gasteiger partial charge on any atom is -0.390 e. The molecule has 7 bridgehead atoms. The lowest BCUT2D eigenvalue weighted by Gasteiger charge is -2.69. The van der Waals surface area contributed by atoms with Crippen LogP contribution in [0.1, 0.15) is 32.6 Å². The monoisotopic (exact) mass is 449 g/mol. The molecule has 7 fully saturated rings. The van der Waals surface area contributed by atoms with Gasteiger partial charge in [0, 0.05) is 57.5 Å². The number of hydrogen-bond acceptors (Lipinski definition) is 7. The number of amides is 1. The van der Waals surface area contributed by atoms with E-state index in [1.165, 1.54) is 0 Å². The van der Waals surface area contributed by atoms with Crippen LogP contribution in [0.25, 0.3) is 0 Å². The van der Waals surface area contributed by atoms with Gasteiger partial charge >= 0.3 is 0 Å². The van der Waals surface area contributed by atoms with Crippen LogP contribution in [0.2, 0.25) is 0 Å². The molecule has 5 aliphatic carbocycles. The molecule has 0 aromatic rings. The fourth-order valence-corrected chi connectivity index (χ4v) is 11.2. The van der Waals surface area contributed by atoms with E-state index < -0.39 is 22.7 Å². The molecule has 0 aromatic carbocycles. The largest absolute Gasteiger partial charge is 0.390 e. The molecular weight excluding hydrogens is 414 g/mol. The topological polar surface area (TPSA) is 86.7 Å². The highest BCUT2D eigenvalue weighted by molar-refractivity contribution is 5.54. The Morgan fingerprint density at radius 2 is 1.97 bits per heavy atom. The number of rotatable bonds is 4. The molecule has 2 aliphatic heterocycles. The summed E-state index contributed by atoms with van der Waals surface area (Å²) in [4.78, 5) is 14.6. The first kappa shape index (κ1) is 20.6. The number of methoxy groups -OCH3 is 3. The zero-order valence-electron chi connectivity index (χ0n) is 19.4. The van der Waals surface area contributed by atoms with Gasteiger partial charge in [-0.15, -0.1) is 0 Å². The van der Waals surface area contributed by atoms with E-state index in [4.69, 9.17) is 23.7 Å². The molecule has 0 unspecified atom stereocenters. The number of likely N-dealkylation sites (tertiary alicyclic amines) is 1. The molecule has 7 aliphatic rings. The summed E-state index contributed by atoms with van der Waals surface area (Å²) >= 11 is 0. The van der Waals surface area contributed by atoms with Crippen molar-refractivity contribution in [2.24, 2.45) is 34.5 Å². The summed E-state index contributed by atoms with van der Waals surface area (Å²) in [6.07, 6.45) is 3.59. The molecule has 13 atom stereocenters. The fraction of sp³-hybridized carbons (Fsp3) is 0.958. The second-order valence-electron chi connectivity index (χ2n) is 11.8. The van der Waals surface area contributed by atoms with Crippen LogP contribution in [-0.4, -0.2) is 92.7 Å². The van der Waals surface area contributed by atoms with Gasteiger partial charge in [0.1, 0.15) is 18.0 Å². The summed E-state index contributed by atoms with van der Waals surface area (Å²) in [6.45, 7) is 3.03. The van der Waals surface area contributed by atoms with E-state index >= 15 is 0 Å². The summed E-state index contributed by atoms with van der Waals surface area (Å²) in [5.74, 6) is 0.524. The summed E-state index contributed by atoms with van der Waals surface area (Å²) in [6, 6.07) is -0.276. The first-order valence-electron chi connectivity index (χ1n) is 12.2. The average Bonchev–Trinajstić information content (AvgIpc) is 3.37. The van der Waals surface area contributed by atoms with Gasteiger partial charge in [0.25, 0.3) is 0 Å². The standard InChI is InChI=1S/C24H35NO7/c1-21-6-5-15(29-3)23-13-7-12-14(28-2)8-22(16(13)17(12)30-4)24(32-11-31-22,19(27)18(21)23)20(23)25(9-21)10-26/h10,12-20,27H,5-9,11H2,1-4H3/t12-,13-,14+,15+,16-,17+,18-,19+,20+,21+,22-,23+,24-/m1/s1. The SMILES string of the molecule is CO[C@H]1[C@@H]2C[C@@H]3[C@H]1[C@@]1(C[C@@H]2OC)OCO[C@@]12[C@@H](O)[C@@H]1[C@@]4(C)CC[C@H](OC)[C@@]31[C@@H]2N(C=O)C4. The van der Waals surface area contributed by atoms with Crippen molar-refractivity contribution in [3.8, 4) is 0 Å². The Balaban J connectivity index is 1.57. The van der Waals surface area contributed by atoms with Gasteiger partial charge in [0.05, 0.1) is 30.5 Å². The van der Waals surface area contributed by atoms with Crippen molar-refractivity contribution in [1.82, 2.24) is 4.90 Å². The van der Waals surface area contributed by atoms with E-state index in [9.17, 15) is 9.90 Å². The number of nitrogens with zero attached hydrogens (tertiary/aromatic N) is 1. The summed E-state index contributed by atoms with van der Waals surface area (Å²) < 4.78 is 31.7. The molecule has 7 rings (SSSR count). The number of fused-ring (bicyclic) bond motifs is 1. The van der Waals surface area contributed by atoms with Gasteiger partial charge in [-0.2, -0.15) is 0 Å². The summed E-state index contributed by atoms with van der Waals surface area (Å²) in [5, 5.41) is 12.3. The number of carbonyl (C=O) groups is 1. The molecule has 0 radical (unpaired) electrons. The fourth-order valence-electron chi connectivity index (χ4n) is 11.2. The third-order valence-corrected chi connectivity index (χ3v) is 11.5. The lowest BCUT2D eigenvalue weighted by atomic mass is 9.43. The first-order chi connectivity index (χ1) is 15.4. The van der Waals surface area contributed by atoms with Gasteiger partial charge in [-0.1, -0.05) is 6.92 Å². The molecule has 2 heterocycles. The highest BCUT2D eigenvalue weighted by atomic mass is 16.7. The Bertz CT molecular complexity index is 856. The number of piperidine rings is 1. The van der Waals surface area contributed by atoms with E-state index in [1.807, 2.05) is 4.90 Å². The Morgan fingerprint density at radius 1 is 1.16 bits per heavy atom. The maximum absolute atomic E-state index is 12.6. The van der Waals surface area contributed by atoms with E-state index in [0.29, 0.717) is 13.0 Å². The zero-order valence-corrected chi connectivity index (χ0v) is 19.4. The third-order valence-electron chi connectivity index (χ3n) is 11.5. The molecule has 8 nitrogen and oxygen atoms in total. The van der Waals surface area contributed by atoms with Gasteiger partial charge in [0.2, 0.25) is 6.41 Å². The van der Waals surface area contributed by atoms with Crippen molar-refractivity contribution in [3.63, 3.8) is 0 Å². The van der Waals surface area contributed by atoms with Crippen molar-refractivity contribution >= 4 is 6.41 Å². The van der Waals surface area contributed by atoms with E-state index in [-0.39, 0.29) is 60.2 Å². The molecule has 32 heavy (non-hydrogen) atoms. The van der Waals surface area contributed by atoms with Crippen LogP contribution in [-0.2, 0) is 28.5 Å². The van der Waals surface area contributed by atoms with Crippen LogP contribution in [0.5, 0.6) is 0 Å². The second-order valence-corrected chi connectivity index (χ2v) is 11.8. The number of carbonyl (C=O) groups excluding carboxylic acids is 1. The second kappa shape index (κ2) is 6.07. The van der Waals surface area contributed by atoms with E-state index in [1.54, 1.807) is 21.3 Å². The molecular formula is C24H35NO7. The Morgan fingerprint density at radius 3 is 2.66 bits per heavy atom. The summed E-state index contributed by atoms with van der Waals surface area (Å²) in [5.41, 5.74) is -2.33. The molecule has 8 heteroatoms. The lowest BCUT2D eigenvalue weighted by molar-refractivity contribution is -0.278. The Labute approximate surface area is 188 Å². The highest BCUT2D eigenvalue weighted by Gasteiger charge is 2.93. The van der Waals surface area contributed by atoms with Crippen LogP contribution >= 0.6 is 0 Å². The van der Waals surface area contributed by atoms with Gasteiger partial charge in [0.15, 0.2) is 0 Å². The normalized spacial score (nSPS) is 63.4. The van der Waals surface area contributed by atoms with Crippen LogP contribution in [0, 0.1) is 34.5 Å². The number of aliphatic hydroxyl groups is 1. The minimum atomic E-state index is -0.999. The number of aliphatic hydroxyl groups excluding tert-OH is 1. The maximum Gasteiger partial charge on any atom is 0.210 e. The van der Waals surface area contributed by atoms with Crippen molar-refractivity contribution in [3.05, 3.63) is 0 Å². The molecule has 2 saturated heterocycles. The van der Waals surface area contributed by atoms with Crippen LogP contribution in [0.3, 0.4) is 0 Å². The first-order valence-corrected chi connectivity index (χ1v) is 12.2. The van der Waals surface area contributed by atoms with Crippen LogP contribution in [0.4, 0.5) is 0 Å². The Kier molecular flexibility index (Phi) is 3.91. The summed E-state index contributed by atoms with van der Waals surface area (Å²) in [7, 11) is 5.34. The highest BCUT2D eigenvalue weighted by Crippen LogP contribution is 2.82. The maximum atomic E-state index is 12.6. The van der Waals surface area contributed by atoms with Gasteiger partial charge < -0.3 is 33.7 Å². The van der Waals surface area contributed by atoms with Crippen LogP contribution < -0.4 is 0 Å². The van der Waals surface area contributed by atoms with E-state index in [0.717, 1.165) is 25.7 Å². The van der Waals surface area contributed by atoms with Crippen molar-refractivity contribution in [2.75, 3.05) is 34.7 Å². The predicted molar refractivity (Wildman–Crippen MR) is 110 cm³/mol. The molecule has 1 N–H and O–H groups in total. The average molecular weight is 450 g/mol. The third kappa shape index (κ3) is 1.72. The van der Waals surface area contributed by atoms with Gasteiger partial charge in [-0.25, -0.2) is 0 Å². The molecule has 1 amide bonds. The lowest BCUT2D eigenvalue weighted by Crippen LogP contribution is -2.80. The number of ether oxygens (including phenoxy) is 5. The van der Waals surface area contributed by atoms with Crippen LogP contribution in [0.15, 0.2) is 0 Å². The van der Waals surface area contributed by atoms with Crippen molar-refractivity contribution in [2.45, 2.75) is 74.3 Å². The van der Waals surface area contributed by atoms with Crippen molar-refractivity contribution < 1.29 is 33.6 Å².